The summed E-state index contributed by atoms with van der Waals surface area (Å²) in [4.78, 5) is 0. The highest BCUT2D eigenvalue weighted by Crippen LogP contribution is 2.21. The van der Waals surface area contributed by atoms with Gasteiger partial charge in [-0.3, -0.25) is 0 Å². The third kappa shape index (κ3) is 4.10. The third-order valence-electron chi connectivity index (χ3n) is 2.50. The zero-order valence-corrected chi connectivity index (χ0v) is 10.2. The molecule has 1 atom stereocenters. The molecule has 0 aliphatic heterocycles. The van der Waals surface area contributed by atoms with Crippen molar-refractivity contribution in [1.82, 2.24) is 0 Å². The molecule has 0 N–H and O–H groups in total. The molecule has 0 saturated carbocycles. The van der Waals surface area contributed by atoms with Crippen molar-refractivity contribution in [2.45, 2.75) is 45.8 Å². The van der Waals surface area contributed by atoms with Gasteiger partial charge in [-0.1, -0.05) is 6.92 Å². The van der Waals surface area contributed by atoms with E-state index in [1.165, 1.54) is 0 Å². The van der Waals surface area contributed by atoms with Crippen LogP contribution in [0.3, 0.4) is 0 Å². The van der Waals surface area contributed by atoms with E-state index in [0.717, 1.165) is 0 Å². The monoisotopic (exact) mass is 217 g/mol. The lowest BCUT2D eigenvalue weighted by Gasteiger charge is -2.16. The van der Waals surface area contributed by atoms with E-state index in [1.54, 1.807) is 20.8 Å². The zero-order valence-electron chi connectivity index (χ0n) is 9.37. The summed E-state index contributed by atoms with van der Waals surface area (Å²) in [6.45, 7) is 7.10. The Balaban J connectivity index is 4.36. The highest BCUT2D eigenvalue weighted by molar-refractivity contribution is 7.91. The Morgan fingerprint density at radius 3 is 2.29 bits per heavy atom. The van der Waals surface area contributed by atoms with Crippen molar-refractivity contribution in [3.63, 3.8) is 0 Å². The van der Waals surface area contributed by atoms with Gasteiger partial charge in [-0.2, -0.15) is 5.26 Å². The summed E-state index contributed by atoms with van der Waals surface area (Å²) in [6.07, 6.45) is 1.05. The molecular formula is C10H19NO2S. The fraction of sp³-hybridized carbons (Fsp3) is 0.900. The van der Waals surface area contributed by atoms with E-state index in [-0.39, 0.29) is 11.0 Å². The van der Waals surface area contributed by atoms with Crippen molar-refractivity contribution in [3.8, 4) is 6.07 Å². The first kappa shape index (κ1) is 13.4. The molecule has 0 amide bonds. The molecule has 1 unspecified atom stereocenters. The van der Waals surface area contributed by atoms with Crippen LogP contribution in [0, 0.1) is 16.7 Å². The van der Waals surface area contributed by atoms with Gasteiger partial charge >= 0.3 is 0 Å². The van der Waals surface area contributed by atoms with Crippen LogP contribution in [-0.2, 0) is 9.84 Å². The molecule has 0 spiro atoms. The maximum atomic E-state index is 11.6. The minimum Gasteiger partial charge on any atom is -0.229 e. The Hall–Kier alpha value is -0.560. The van der Waals surface area contributed by atoms with Gasteiger partial charge in [0, 0.05) is 0 Å². The molecule has 3 nitrogen and oxygen atoms in total. The summed E-state index contributed by atoms with van der Waals surface area (Å²) in [5.41, 5.74) is -0.541. The molecule has 0 fully saturated rings. The Bertz CT molecular complexity index is 312. The van der Waals surface area contributed by atoms with Crippen molar-refractivity contribution >= 4 is 9.84 Å². The van der Waals surface area contributed by atoms with Gasteiger partial charge in [0.05, 0.1) is 22.5 Å². The Labute approximate surface area is 87.0 Å². The van der Waals surface area contributed by atoms with E-state index in [9.17, 15) is 8.42 Å². The zero-order chi connectivity index (χ0) is 11.4. The molecule has 0 aromatic heterocycles. The van der Waals surface area contributed by atoms with Crippen LogP contribution in [0.15, 0.2) is 0 Å². The number of sulfone groups is 1. The maximum Gasteiger partial charge on any atom is 0.152 e. The van der Waals surface area contributed by atoms with Crippen LogP contribution in [-0.4, -0.2) is 19.4 Å². The van der Waals surface area contributed by atoms with Gasteiger partial charge in [-0.15, -0.1) is 0 Å². The summed E-state index contributed by atoms with van der Waals surface area (Å²) in [6, 6.07) is 2.11. The van der Waals surface area contributed by atoms with Gasteiger partial charge in [0.1, 0.15) is 0 Å². The van der Waals surface area contributed by atoms with Crippen molar-refractivity contribution in [2.24, 2.45) is 5.41 Å². The molecule has 4 heteroatoms. The van der Waals surface area contributed by atoms with E-state index in [4.69, 9.17) is 5.26 Å². The first-order valence-electron chi connectivity index (χ1n) is 4.88. The minimum absolute atomic E-state index is 0.114. The third-order valence-corrected chi connectivity index (χ3v) is 4.83. The molecule has 0 radical (unpaired) electrons. The lowest BCUT2D eigenvalue weighted by Crippen LogP contribution is -2.23. The molecule has 0 heterocycles. The average molecular weight is 217 g/mol. The van der Waals surface area contributed by atoms with E-state index in [0.29, 0.717) is 12.8 Å². The van der Waals surface area contributed by atoms with Gasteiger partial charge < -0.3 is 0 Å². The summed E-state index contributed by atoms with van der Waals surface area (Å²) in [5.74, 6) is 0.114. The molecular weight excluding hydrogens is 198 g/mol. The number of rotatable bonds is 5. The molecule has 14 heavy (non-hydrogen) atoms. The van der Waals surface area contributed by atoms with Crippen LogP contribution in [0.4, 0.5) is 0 Å². The fourth-order valence-electron chi connectivity index (χ4n) is 0.908. The van der Waals surface area contributed by atoms with Crippen molar-refractivity contribution in [2.75, 3.05) is 5.75 Å². The summed E-state index contributed by atoms with van der Waals surface area (Å²) in [5, 5.41) is 8.45. The van der Waals surface area contributed by atoms with Crippen LogP contribution in [0.5, 0.6) is 0 Å². The van der Waals surface area contributed by atoms with Gasteiger partial charge in [0.25, 0.3) is 0 Å². The topological polar surface area (TPSA) is 57.9 Å². The first-order valence-corrected chi connectivity index (χ1v) is 6.59. The molecule has 0 saturated heterocycles. The summed E-state index contributed by atoms with van der Waals surface area (Å²) < 4.78 is 23.2. The van der Waals surface area contributed by atoms with Gasteiger partial charge in [0.15, 0.2) is 9.84 Å². The lowest BCUT2D eigenvalue weighted by atomic mass is 9.93. The Morgan fingerprint density at radius 1 is 1.43 bits per heavy atom. The van der Waals surface area contributed by atoms with Crippen molar-refractivity contribution < 1.29 is 8.42 Å². The highest BCUT2D eigenvalue weighted by Gasteiger charge is 2.24. The highest BCUT2D eigenvalue weighted by atomic mass is 32.2. The average Bonchev–Trinajstić information content (AvgIpc) is 2.14. The largest absolute Gasteiger partial charge is 0.229 e. The van der Waals surface area contributed by atoms with Crippen molar-refractivity contribution in [1.29, 1.82) is 5.26 Å². The van der Waals surface area contributed by atoms with Crippen LogP contribution in [0.1, 0.15) is 40.5 Å². The molecule has 0 aromatic carbocycles. The van der Waals surface area contributed by atoms with E-state index >= 15 is 0 Å². The second kappa shape index (κ2) is 4.79. The molecule has 0 aromatic rings. The van der Waals surface area contributed by atoms with E-state index < -0.39 is 15.3 Å². The maximum absolute atomic E-state index is 11.6. The van der Waals surface area contributed by atoms with Gasteiger partial charge in [-0.25, -0.2) is 8.42 Å². The number of hydrogen-bond acceptors (Lipinski definition) is 3. The van der Waals surface area contributed by atoms with Crippen LogP contribution in [0.25, 0.3) is 0 Å². The minimum atomic E-state index is -3.00. The number of nitriles is 1. The van der Waals surface area contributed by atoms with E-state index in [2.05, 4.69) is 6.07 Å². The normalized spacial score (nSPS) is 14.8. The lowest BCUT2D eigenvalue weighted by molar-refractivity contribution is 0.471. The predicted octanol–water partition coefficient (Wildman–Crippen LogP) is 2.14. The summed E-state index contributed by atoms with van der Waals surface area (Å²) >= 11 is 0. The van der Waals surface area contributed by atoms with Gasteiger partial charge in [0.2, 0.25) is 0 Å². The standard InChI is InChI=1S/C10H19NO2S/c1-5-9(2)14(12,13)7-6-10(3,4)8-11/h9H,5-7H2,1-4H3. The predicted molar refractivity (Wildman–Crippen MR) is 57.6 cm³/mol. The SMILES string of the molecule is CCC(C)S(=O)(=O)CCC(C)(C)C#N. The summed E-state index contributed by atoms with van der Waals surface area (Å²) in [7, 11) is -3.00. The molecule has 0 rings (SSSR count). The van der Waals surface area contributed by atoms with Crippen LogP contribution in [0.2, 0.25) is 0 Å². The quantitative estimate of drug-likeness (QED) is 0.709. The van der Waals surface area contributed by atoms with E-state index in [1.807, 2.05) is 6.92 Å². The first-order chi connectivity index (χ1) is 6.25. The Morgan fingerprint density at radius 2 is 1.93 bits per heavy atom. The smallest absolute Gasteiger partial charge is 0.152 e. The second-order valence-electron chi connectivity index (χ2n) is 4.33. The second-order valence-corrected chi connectivity index (χ2v) is 6.87. The molecule has 0 aliphatic carbocycles. The molecule has 82 valence electrons. The van der Waals surface area contributed by atoms with Gasteiger partial charge in [-0.05, 0) is 33.6 Å². The fourth-order valence-corrected chi connectivity index (χ4v) is 2.61. The number of hydrogen-bond donors (Lipinski definition) is 0. The number of nitrogens with zero attached hydrogens (tertiary/aromatic N) is 1. The van der Waals surface area contributed by atoms with Crippen LogP contribution < -0.4 is 0 Å². The molecule has 0 aliphatic rings. The molecule has 0 bridgehead atoms. The Kier molecular flexibility index (Phi) is 4.60. The van der Waals surface area contributed by atoms with Crippen molar-refractivity contribution in [3.05, 3.63) is 0 Å². The van der Waals surface area contributed by atoms with Crippen LogP contribution >= 0.6 is 0 Å².